The van der Waals surface area contributed by atoms with Gasteiger partial charge in [-0.15, -0.1) is 13.2 Å². The van der Waals surface area contributed by atoms with Crippen molar-refractivity contribution < 1.29 is 31.1 Å². The Hall–Kier alpha value is -2.44. The highest BCUT2D eigenvalue weighted by Gasteiger charge is 2.43. The molecule has 2 aliphatic carbocycles. The van der Waals surface area contributed by atoms with Crippen LogP contribution < -0.4 is 4.74 Å². The zero-order valence-corrected chi connectivity index (χ0v) is 18.3. The fourth-order valence-electron chi connectivity index (χ4n) is 5.71. The van der Waals surface area contributed by atoms with Gasteiger partial charge in [-0.2, -0.15) is 0 Å². The van der Waals surface area contributed by atoms with Crippen LogP contribution in [0.1, 0.15) is 67.6 Å². The highest BCUT2D eigenvalue weighted by Crippen LogP contribution is 2.54. The molecule has 0 N–H and O–H groups in total. The predicted octanol–water partition coefficient (Wildman–Crippen LogP) is 8.20. The second-order valence-corrected chi connectivity index (χ2v) is 8.99. The van der Waals surface area contributed by atoms with Crippen molar-refractivity contribution in [2.75, 3.05) is 0 Å². The normalized spacial score (nSPS) is 25.1. The van der Waals surface area contributed by atoms with Crippen molar-refractivity contribution in [1.29, 1.82) is 0 Å². The summed E-state index contributed by atoms with van der Waals surface area (Å²) in [6, 6.07) is 5.94. The first kappa shape index (κ1) is 23.7. The molecule has 33 heavy (non-hydrogen) atoms. The van der Waals surface area contributed by atoms with Gasteiger partial charge in [0.1, 0.15) is 11.6 Å². The largest absolute Gasteiger partial charge is 0.573 e. The Bertz CT molecular complexity index is 1030. The minimum absolute atomic E-state index is 0.00230. The van der Waals surface area contributed by atoms with Gasteiger partial charge in [0.25, 0.3) is 0 Å². The van der Waals surface area contributed by atoms with Gasteiger partial charge < -0.3 is 4.74 Å². The van der Waals surface area contributed by atoms with E-state index in [1.807, 2.05) is 0 Å². The summed E-state index contributed by atoms with van der Waals surface area (Å²) in [5.41, 5.74) is 1.79. The average molecular weight is 468 g/mol. The van der Waals surface area contributed by atoms with Gasteiger partial charge in [0.15, 0.2) is 11.6 Å². The molecule has 0 unspecified atom stereocenters. The lowest BCUT2D eigenvalue weighted by Gasteiger charge is -2.46. The molecule has 1 saturated carbocycles. The first-order chi connectivity index (χ1) is 15.7. The number of unbranched alkanes of at least 4 members (excludes halogenated alkanes) is 1. The molecule has 2 aromatic carbocycles. The summed E-state index contributed by atoms with van der Waals surface area (Å²) in [6.07, 6.45) is 3.67. The first-order valence-electron chi connectivity index (χ1n) is 11.4. The van der Waals surface area contributed by atoms with Crippen LogP contribution in [0.5, 0.6) is 5.75 Å². The number of rotatable bonds is 5. The molecule has 0 heterocycles. The van der Waals surface area contributed by atoms with Crippen LogP contribution >= 0.6 is 0 Å². The maximum Gasteiger partial charge on any atom is 0.573 e. The Balaban J connectivity index is 1.72. The minimum atomic E-state index is -4.98. The molecular weight excluding hydrogens is 442 g/mol. The Kier molecular flexibility index (Phi) is 6.78. The zero-order valence-electron chi connectivity index (χ0n) is 18.3. The van der Waals surface area contributed by atoms with E-state index in [1.165, 1.54) is 12.1 Å². The van der Waals surface area contributed by atoms with Crippen LogP contribution in [0.15, 0.2) is 42.5 Å². The monoisotopic (exact) mass is 468 g/mol. The van der Waals surface area contributed by atoms with E-state index >= 15 is 0 Å². The van der Waals surface area contributed by atoms with Crippen molar-refractivity contribution in [2.24, 2.45) is 11.8 Å². The lowest BCUT2D eigenvalue weighted by atomic mass is 9.58. The summed E-state index contributed by atoms with van der Waals surface area (Å²) in [6.45, 7) is 2.06. The van der Waals surface area contributed by atoms with Crippen LogP contribution in [0.4, 0.5) is 26.3 Å². The van der Waals surface area contributed by atoms with E-state index in [-0.39, 0.29) is 23.7 Å². The number of hydrogen-bond acceptors (Lipinski definition) is 1. The molecule has 0 saturated heterocycles. The topological polar surface area (TPSA) is 9.23 Å². The molecule has 2 aromatic rings. The van der Waals surface area contributed by atoms with E-state index in [2.05, 4.69) is 23.8 Å². The number of alkyl halides is 3. The second-order valence-electron chi connectivity index (χ2n) is 8.99. The summed E-state index contributed by atoms with van der Waals surface area (Å²) in [5.74, 6) is -3.30. The number of hydrogen-bond donors (Lipinski definition) is 0. The van der Waals surface area contributed by atoms with Crippen LogP contribution in [0, 0.1) is 29.3 Å². The Labute approximate surface area is 189 Å². The third-order valence-electron chi connectivity index (χ3n) is 6.98. The van der Waals surface area contributed by atoms with E-state index < -0.39 is 29.6 Å². The fraction of sp³-hybridized carbons (Fsp3) is 0.462. The third kappa shape index (κ3) is 5.07. The van der Waals surface area contributed by atoms with E-state index in [1.54, 1.807) is 0 Å². The molecule has 0 amide bonds. The molecule has 0 radical (unpaired) electrons. The maximum absolute atomic E-state index is 14.6. The van der Waals surface area contributed by atoms with Crippen molar-refractivity contribution >= 4 is 0 Å². The summed E-state index contributed by atoms with van der Waals surface area (Å²) in [5, 5.41) is 0. The van der Waals surface area contributed by atoms with Gasteiger partial charge in [-0.25, -0.2) is 13.2 Å². The molecule has 0 bridgehead atoms. The minimum Gasteiger partial charge on any atom is -0.403 e. The average Bonchev–Trinajstić information content (AvgIpc) is 2.74. The van der Waals surface area contributed by atoms with Crippen molar-refractivity contribution in [2.45, 2.75) is 63.6 Å². The van der Waals surface area contributed by atoms with E-state index in [0.29, 0.717) is 29.5 Å². The van der Waals surface area contributed by atoms with Crippen molar-refractivity contribution in [3.05, 3.63) is 76.6 Å². The predicted molar refractivity (Wildman–Crippen MR) is 114 cm³/mol. The summed E-state index contributed by atoms with van der Waals surface area (Å²) < 4.78 is 84.6. The van der Waals surface area contributed by atoms with E-state index in [0.717, 1.165) is 43.9 Å². The Morgan fingerprint density at radius 2 is 1.79 bits per heavy atom. The van der Waals surface area contributed by atoms with Crippen LogP contribution in [0.25, 0.3) is 0 Å². The SMILES string of the molecule is CCC/C=C/[C@@H]1CC[C@H]2c3cc(F)cc(F)c3CC[C@@H]2[C@H]1c1ccc(OC(F)(F)F)c(F)c1. The van der Waals surface area contributed by atoms with Gasteiger partial charge in [-0.3, -0.25) is 0 Å². The molecule has 2 aliphatic rings. The van der Waals surface area contributed by atoms with Crippen LogP contribution in [-0.4, -0.2) is 6.36 Å². The molecule has 0 spiro atoms. The molecule has 0 aromatic heterocycles. The summed E-state index contributed by atoms with van der Waals surface area (Å²) in [4.78, 5) is 0. The van der Waals surface area contributed by atoms with Crippen molar-refractivity contribution in [3.8, 4) is 5.75 Å². The quantitative estimate of drug-likeness (QED) is 0.317. The van der Waals surface area contributed by atoms with Gasteiger partial charge in [0, 0.05) is 6.07 Å². The number of fused-ring (bicyclic) bond motifs is 3. The number of allylic oxidation sites excluding steroid dienone is 2. The Morgan fingerprint density at radius 3 is 2.48 bits per heavy atom. The fourth-order valence-corrected chi connectivity index (χ4v) is 5.71. The number of ether oxygens (including phenoxy) is 1. The van der Waals surface area contributed by atoms with Gasteiger partial charge in [0.2, 0.25) is 0 Å². The summed E-state index contributed by atoms with van der Waals surface area (Å²) >= 11 is 0. The van der Waals surface area contributed by atoms with Gasteiger partial charge in [-0.1, -0.05) is 31.6 Å². The zero-order chi connectivity index (χ0) is 23.8. The van der Waals surface area contributed by atoms with E-state index in [9.17, 15) is 26.3 Å². The van der Waals surface area contributed by atoms with Crippen molar-refractivity contribution in [3.63, 3.8) is 0 Å². The smallest absolute Gasteiger partial charge is 0.403 e. The van der Waals surface area contributed by atoms with Gasteiger partial charge in [-0.05, 0) is 90.7 Å². The van der Waals surface area contributed by atoms with Gasteiger partial charge >= 0.3 is 6.36 Å². The molecule has 1 fully saturated rings. The molecule has 4 rings (SSSR count). The third-order valence-corrected chi connectivity index (χ3v) is 6.98. The van der Waals surface area contributed by atoms with Crippen LogP contribution in [0.2, 0.25) is 0 Å². The van der Waals surface area contributed by atoms with Crippen LogP contribution in [0.3, 0.4) is 0 Å². The van der Waals surface area contributed by atoms with Crippen LogP contribution in [-0.2, 0) is 6.42 Å². The highest BCUT2D eigenvalue weighted by molar-refractivity contribution is 5.39. The molecular formula is C26H26F6O. The molecule has 7 heteroatoms. The van der Waals surface area contributed by atoms with Crippen molar-refractivity contribution in [1.82, 2.24) is 0 Å². The molecule has 178 valence electrons. The highest BCUT2D eigenvalue weighted by atomic mass is 19.4. The standard InChI is InChI=1S/C26H26F6O/c1-2-3-4-5-15-6-8-18-20(10-9-19-21(18)13-17(27)14-22(19)28)25(15)16-7-11-24(23(29)12-16)33-26(30,31)32/h4-5,7,11-15,18,20,25H,2-3,6,8-10H2,1H3/b5-4+/t15-,18-,20+,25-/m1/s1. The lowest BCUT2D eigenvalue weighted by molar-refractivity contribution is -0.275. The van der Waals surface area contributed by atoms with Gasteiger partial charge in [0.05, 0.1) is 0 Å². The number of halogens is 6. The first-order valence-corrected chi connectivity index (χ1v) is 11.4. The lowest BCUT2D eigenvalue weighted by Crippen LogP contribution is -2.35. The van der Waals surface area contributed by atoms with E-state index in [4.69, 9.17) is 0 Å². The molecule has 1 nitrogen and oxygen atoms in total. The Morgan fingerprint density at radius 1 is 1.00 bits per heavy atom. The second kappa shape index (κ2) is 9.43. The number of benzene rings is 2. The molecule has 4 atom stereocenters. The summed E-state index contributed by atoms with van der Waals surface area (Å²) in [7, 11) is 0. The molecule has 0 aliphatic heterocycles. The maximum atomic E-state index is 14.6.